The van der Waals surface area contributed by atoms with Crippen LogP contribution >= 0.6 is 11.6 Å². The molecule has 0 radical (unpaired) electrons. The summed E-state index contributed by atoms with van der Waals surface area (Å²) in [5.41, 5.74) is 4.63. The Kier molecular flexibility index (Phi) is 5.51. The smallest absolute Gasteiger partial charge is 0.108 e. The lowest BCUT2D eigenvalue weighted by Gasteiger charge is -2.45. The third kappa shape index (κ3) is 3.74. The molecule has 1 saturated carbocycles. The zero-order valence-electron chi connectivity index (χ0n) is 17.6. The van der Waals surface area contributed by atoms with Crippen LogP contribution < -0.4 is 4.90 Å². The van der Waals surface area contributed by atoms with Crippen molar-refractivity contribution in [2.75, 3.05) is 24.5 Å². The van der Waals surface area contributed by atoms with Crippen molar-refractivity contribution in [1.82, 2.24) is 4.90 Å². The first kappa shape index (κ1) is 20.0. The molecule has 2 aromatic rings. The number of halogens is 1. The van der Waals surface area contributed by atoms with E-state index in [1.807, 2.05) is 24.3 Å². The molecule has 0 aromatic heterocycles. The normalized spacial score (nSPS) is 20.9. The van der Waals surface area contributed by atoms with Crippen LogP contribution in [0.4, 0.5) is 5.69 Å². The fourth-order valence-corrected chi connectivity index (χ4v) is 5.43. The van der Waals surface area contributed by atoms with Crippen LogP contribution in [0.15, 0.2) is 59.9 Å². The molecule has 0 bridgehead atoms. The summed E-state index contributed by atoms with van der Waals surface area (Å²) in [7, 11) is 0. The van der Waals surface area contributed by atoms with Gasteiger partial charge >= 0.3 is 0 Å². The maximum absolute atomic E-state index is 11.3. The van der Waals surface area contributed by atoms with Crippen LogP contribution in [0, 0.1) is 0 Å². The van der Waals surface area contributed by atoms with E-state index in [0.717, 1.165) is 49.5 Å². The van der Waals surface area contributed by atoms with Gasteiger partial charge < -0.3 is 14.9 Å². The van der Waals surface area contributed by atoms with Crippen molar-refractivity contribution >= 4 is 17.3 Å². The summed E-state index contributed by atoms with van der Waals surface area (Å²) in [5, 5.41) is 12.2. The molecule has 4 heteroatoms. The molecule has 30 heavy (non-hydrogen) atoms. The molecule has 158 valence electrons. The minimum atomic E-state index is -0.711. The van der Waals surface area contributed by atoms with Crippen molar-refractivity contribution in [3.8, 4) is 0 Å². The molecule has 0 spiro atoms. The van der Waals surface area contributed by atoms with Crippen LogP contribution in [0.1, 0.15) is 56.1 Å². The molecule has 2 aromatic carbocycles. The highest BCUT2D eigenvalue weighted by molar-refractivity contribution is 6.30. The van der Waals surface area contributed by atoms with Crippen molar-refractivity contribution in [3.63, 3.8) is 0 Å². The van der Waals surface area contributed by atoms with Crippen molar-refractivity contribution in [3.05, 3.63) is 76.1 Å². The lowest BCUT2D eigenvalue weighted by Crippen LogP contribution is -2.47. The van der Waals surface area contributed by atoms with E-state index in [1.54, 1.807) is 5.57 Å². The molecule has 0 amide bonds. The molecule has 3 nitrogen and oxygen atoms in total. The van der Waals surface area contributed by atoms with Crippen LogP contribution in [0.3, 0.4) is 0 Å². The SMILES string of the molecule is OC1(c2ccccc2)CCN(C(=C2CCC2)N2CCCCc3cc(Cl)ccc32)CC1. The summed E-state index contributed by atoms with van der Waals surface area (Å²) in [5.74, 6) is 1.42. The Labute approximate surface area is 185 Å². The van der Waals surface area contributed by atoms with E-state index in [0.29, 0.717) is 0 Å². The fourth-order valence-electron chi connectivity index (χ4n) is 5.23. The molecule has 1 aliphatic carbocycles. The van der Waals surface area contributed by atoms with Gasteiger partial charge in [0.25, 0.3) is 0 Å². The van der Waals surface area contributed by atoms with Crippen LogP contribution in [-0.4, -0.2) is 29.6 Å². The second-order valence-corrected chi connectivity index (χ2v) is 9.48. The van der Waals surface area contributed by atoms with Gasteiger partial charge in [0, 0.05) is 30.3 Å². The summed E-state index contributed by atoms with van der Waals surface area (Å²) < 4.78 is 0. The van der Waals surface area contributed by atoms with Gasteiger partial charge in [0.05, 0.1) is 5.60 Å². The Bertz CT molecular complexity index is 925. The van der Waals surface area contributed by atoms with Gasteiger partial charge in [-0.25, -0.2) is 0 Å². The maximum Gasteiger partial charge on any atom is 0.108 e. The van der Waals surface area contributed by atoms with E-state index < -0.39 is 5.60 Å². The number of piperidine rings is 1. The average Bonchev–Trinajstić information content (AvgIpc) is 2.94. The van der Waals surface area contributed by atoms with Crippen molar-refractivity contribution in [1.29, 1.82) is 0 Å². The second-order valence-electron chi connectivity index (χ2n) is 9.05. The van der Waals surface area contributed by atoms with Gasteiger partial charge in [-0.15, -0.1) is 0 Å². The summed E-state index contributed by atoms with van der Waals surface area (Å²) in [4.78, 5) is 5.12. The molecule has 2 heterocycles. The Morgan fingerprint density at radius 1 is 0.867 bits per heavy atom. The van der Waals surface area contributed by atoms with E-state index in [4.69, 9.17) is 11.6 Å². The number of fused-ring (bicyclic) bond motifs is 1. The van der Waals surface area contributed by atoms with Crippen LogP contribution in [0.25, 0.3) is 0 Å². The van der Waals surface area contributed by atoms with Crippen LogP contribution in [0.5, 0.6) is 0 Å². The van der Waals surface area contributed by atoms with Gasteiger partial charge in [0.2, 0.25) is 0 Å². The van der Waals surface area contributed by atoms with Crippen molar-refractivity contribution in [2.45, 2.75) is 57.0 Å². The lowest BCUT2D eigenvalue weighted by molar-refractivity contribution is -0.0195. The molecule has 1 N–H and O–H groups in total. The first-order valence-corrected chi connectivity index (χ1v) is 11.8. The monoisotopic (exact) mass is 422 g/mol. The van der Waals surface area contributed by atoms with Crippen molar-refractivity contribution in [2.24, 2.45) is 0 Å². The van der Waals surface area contributed by atoms with E-state index >= 15 is 0 Å². The summed E-state index contributed by atoms with van der Waals surface area (Å²) in [6, 6.07) is 16.6. The van der Waals surface area contributed by atoms with Crippen molar-refractivity contribution < 1.29 is 5.11 Å². The predicted octanol–water partition coefficient (Wildman–Crippen LogP) is 5.86. The molecule has 3 aliphatic rings. The van der Waals surface area contributed by atoms with E-state index in [2.05, 4.69) is 34.1 Å². The minimum absolute atomic E-state index is 0.711. The Balaban J connectivity index is 1.44. The number of nitrogens with zero attached hydrogens (tertiary/aromatic N) is 2. The highest BCUT2D eigenvalue weighted by atomic mass is 35.5. The van der Waals surface area contributed by atoms with Crippen LogP contribution in [-0.2, 0) is 12.0 Å². The molecule has 5 rings (SSSR count). The topological polar surface area (TPSA) is 26.7 Å². The Morgan fingerprint density at radius 3 is 2.33 bits per heavy atom. The summed E-state index contributed by atoms with van der Waals surface area (Å²) in [6.45, 7) is 2.85. The Hall–Kier alpha value is -1.97. The van der Waals surface area contributed by atoms with E-state index in [9.17, 15) is 5.11 Å². The van der Waals surface area contributed by atoms with Gasteiger partial charge in [0.15, 0.2) is 0 Å². The molecule has 0 unspecified atom stereocenters. The third-order valence-corrected chi connectivity index (χ3v) is 7.38. The van der Waals surface area contributed by atoms with Gasteiger partial charge in [-0.05, 0) is 86.3 Å². The number of anilines is 1. The van der Waals surface area contributed by atoms with Gasteiger partial charge in [-0.2, -0.15) is 0 Å². The highest BCUT2D eigenvalue weighted by Gasteiger charge is 2.37. The molecule has 2 fully saturated rings. The highest BCUT2D eigenvalue weighted by Crippen LogP contribution is 2.41. The van der Waals surface area contributed by atoms with E-state index in [-0.39, 0.29) is 0 Å². The second kappa shape index (κ2) is 8.28. The van der Waals surface area contributed by atoms with Gasteiger partial charge in [-0.3, -0.25) is 0 Å². The first-order chi connectivity index (χ1) is 14.6. The number of likely N-dealkylation sites (tertiary alicyclic amines) is 1. The molecular formula is C26H31ClN2O. The first-order valence-electron chi connectivity index (χ1n) is 11.4. The average molecular weight is 423 g/mol. The zero-order chi connectivity index (χ0) is 20.6. The number of allylic oxidation sites excluding steroid dienone is 1. The quantitative estimate of drug-likeness (QED) is 0.670. The van der Waals surface area contributed by atoms with Gasteiger partial charge in [-0.1, -0.05) is 41.9 Å². The van der Waals surface area contributed by atoms with Crippen LogP contribution in [0.2, 0.25) is 5.02 Å². The number of benzene rings is 2. The summed E-state index contributed by atoms with van der Waals surface area (Å²) in [6.07, 6.45) is 8.75. The number of hydrogen-bond donors (Lipinski definition) is 1. The maximum atomic E-state index is 11.3. The zero-order valence-corrected chi connectivity index (χ0v) is 18.4. The number of hydrogen-bond acceptors (Lipinski definition) is 3. The Morgan fingerprint density at radius 2 is 1.63 bits per heavy atom. The molecule has 2 aliphatic heterocycles. The van der Waals surface area contributed by atoms with Gasteiger partial charge in [0.1, 0.15) is 5.82 Å². The molecule has 0 atom stereocenters. The number of aryl methyl sites for hydroxylation is 1. The minimum Gasteiger partial charge on any atom is -0.385 e. The largest absolute Gasteiger partial charge is 0.385 e. The number of aliphatic hydroxyl groups is 1. The standard InChI is InChI=1S/C26H31ClN2O/c27-23-12-13-24-21(19-23)7-4-5-16-29(24)25(20-8-6-9-20)28-17-14-26(30,15-18-28)22-10-2-1-3-11-22/h1-3,10-13,19,30H,4-9,14-18H2. The fraction of sp³-hybridized carbons (Fsp3) is 0.462. The molecule has 1 saturated heterocycles. The summed E-state index contributed by atoms with van der Waals surface area (Å²) >= 11 is 6.33. The lowest BCUT2D eigenvalue weighted by atomic mass is 9.84. The third-order valence-electron chi connectivity index (χ3n) is 7.14. The molecular weight excluding hydrogens is 392 g/mol. The number of rotatable bonds is 3. The van der Waals surface area contributed by atoms with E-state index in [1.165, 1.54) is 49.2 Å². The predicted molar refractivity (Wildman–Crippen MR) is 124 cm³/mol.